The minimum atomic E-state index is -3.63. The molecule has 134 valence electrons. The van der Waals surface area contributed by atoms with Crippen LogP contribution in [0, 0.1) is 0 Å². The average Bonchev–Trinajstić information content (AvgIpc) is 3.05. The second-order valence-corrected chi connectivity index (χ2v) is 9.12. The number of halogens is 1. The molecule has 1 aromatic carbocycles. The molecule has 0 unspecified atom stereocenters. The Balaban J connectivity index is 1.57. The predicted octanol–water partition coefficient (Wildman–Crippen LogP) is 3.22. The number of fused-ring (bicyclic) bond motifs is 1. The largest absolute Gasteiger partial charge is 0.335 e. The minimum Gasteiger partial charge on any atom is -0.335 e. The van der Waals surface area contributed by atoms with Crippen molar-refractivity contribution in [2.75, 3.05) is 13.1 Å². The number of rotatable bonds is 5. The fourth-order valence-electron chi connectivity index (χ4n) is 2.98. The van der Waals surface area contributed by atoms with E-state index in [1.807, 2.05) is 11.8 Å². The number of amides is 1. The first-order valence-electron chi connectivity index (χ1n) is 7.99. The Hall–Kier alpha value is -1.41. The van der Waals surface area contributed by atoms with Crippen molar-refractivity contribution in [3.05, 3.63) is 51.2 Å². The predicted molar refractivity (Wildman–Crippen MR) is 99.4 cm³/mol. The summed E-state index contributed by atoms with van der Waals surface area (Å²) in [5.74, 6) is -0.0387. The first kappa shape index (κ1) is 18.4. The third kappa shape index (κ3) is 4.06. The van der Waals surface area contributed by atoms with Crippen LogP contribution in [0.3, 0.4) is 0 Å². The van der Waals surface area contributed by atoms with Crippen LogP contribution >= 0.6 is 22.9 Å². The van der Waals surface area contributed by atoms with Gasteiger partial charge in [0.15, 0.2) is 0 Å². The van der Waals surface area contributed by atoms with Gasteiger partial charge in [-0.1, -0.05) is 11.6 Å². The molecule has 8 heteroatoms. The van der Waals surface area contributed by atoms with Crippen molar-refractivity contribution < 1.29 is 13.2 Å². The monoisotopic (exact) mass is 398 g/mol. The quantitative estimate of drug-likeness (QED) is 0.840. The molecule has 1 aromatic heterocycles. The molecule has 5 nitrogen and oxygen atoms in total. The highest BCUT2D eigenvalue weighted by Crippen LogP contribution is 2.33. The van der Waals surface area contributed by atoms with Gasteiger partial charge in [0.05, 0.1) is 10.9 Å². The lowest BCUT2D eigenvalue weighted by atomic mass is 10.0. The third-order valence-electron chi connectivity index (χ3n) is 4.35. The summed E-state index contributed by atoms with van der Waals surface area (Å²) < 4.78 is 26.9. The lowest BCUT2D eigenvalue weighted by molar-refractivity contribution is -0.133. The molecule has 0 radical (unpaired) electrons. The van der Waals surface area contributed by atoms with Gasteiger partial charge in [-0.05, 0) is 54.6 Å². The Morgan fingerprint density at radius 2 is 2.04 bits per heavy atom. The van der Waals surface area contributed by atoms with Crippen LogP contribution in [0.1, 0.15) is 29.8 Å². The van der Waals surface area contributed by atoms with Gasteiger partial charge in [-0.3, -0.25) is 4.79 Å². The summed E-state index contributed by atoms with van der Waals surface area (Å²) >= 11 is 7.49. The molecule has 0 bridgehead atoms. The number of nitrogens with one attached hydrogen (secondary N) is 1. The normalized spacial score (nSPS) is 17.4. The molecule has 1 amide bonds. The molecular weight excluding hydrogens is 380 g/mol. The van der Waals surface area contributed by atoms with Gasteiger partial charge in [-0.15, -0.1) is 11.3 Å². The van der Waals surface area contributed by atoms with Crippen LogP contribution in [0.5, 0.6) is 0 Å². The Morgan fingerprint density at radius 3 is 2.76 bits per heavy atom. The number of benzene rings is 1. The molecule has 1 aliphatic heterocycles. The first-order chi connectivity index (χ1) is 11.9. The van der Waals surface area contributed by atoms with Gasteiger partial charge in [-0.2, -0.15) is 0 Å². The number of carbonyl (C=O) groups is 1. The van der Waals surface area contributed by atoms with Gasteiger partial charge < -0.3 is 4.90 Å². The number of hydrogen-bond acceptors (Lipinski definition) is 4. The first-order valence-corrected chi connectivity index (χ1v) is 10.7. The SMILES string of the molecule is C[C@H]1c2ccsc2CCN1C(=O)CCNS(=O)(=O)c1ccc(Cl)cc1. The Kier molecular flexibility index (Phi) is 5.48. The van der Waals surface area contributed by atoms with Gasteiger partial charge in [0.1, 0.15) is 0 Å². The molecule has 1 atom stereocenters. The molecule has 0 aliphatic carbocycles. The molecule has 2 heterocycles. The summed E-state index contributed by atoms with van der Waals surface area (Å²) in [6.45, 7) is 2.77. The number of carbonyl (C=O) groups excluding carboxylic acids is 1. The molecule has 0 saturated carbocycles. The fraction of sp³-hybridized carbons (Fsp3) is 0.353. The van der Waals surface area contributed by atoms with E-state index in [9.17, 15) is 13.2 Å². The van der Waals surface area contributed by atoms with E-state index in [0.29, 0.717) is 11.6 Å². The molecule has 3 rings (SSSR count). The van der Waals surface area contributed by atoms with Crippen LogP contribution in [0.2, 0.25) is 5.02 Å². The van der Waals surface area contributed by atoms with Crippen molar-refractivity contribution in [2.24, 2.45) is 0 Å². The zero-order chi connectivity index (χ0) is 18.0. The molecule has 0 fully saturated rings. The minimum absolute atomic E-state index is 0.0374. The van der Waals surface area contributed by atoms with E-state index >= 15 is 0 Å². The number of thiophene rings is 1. The van der Waals surface area contributed by atoms with E-state index in [0.717, 1.165) is 6.42 Å². The summed E-state index contributed by atoms with van der Waals surface area (Å²) in [6, 6.07) is 8.03. The molecule has 0 saturated heterocycles. The lowest BCUT2D eigenvalue weighted by Crippen LogP contribution is -2.39. The second kappa shape index (κ2) is 7.45. The highest BCUT2D eigenvalue weighted by Gasteiger charge is 2.28. The molecule has 2 aromatic rings. The average molecular weight is 399 g/mol. The van der Waals surface area contributed by atoms with E-state index in [1.54, 1.807) is 11.3 Å². The zero-order valence-electron chi connectivity index (χ0n) is 13.7. The van der Waals surface area contributed by atoms with Crippen LogP contribution < -0.4 is 4.72 Å². The summed E-state index contributed by atoms with van der Waals surface area (Å²) in [4.78, 5) is 15.8. The lowest BCUT2D eigenvalue weighted by Gasteiger charge is -2.33. The topological polar surface area (TPSA) is 66.5 Å². The standard InChI is InChI=1S/C17H19ClN2O3S2/c1-12-15-8-11-24-16(15)7-10-20(12)17(21)6-9-19-25(22,23)14-4-2-13(18)3-5-14/h2-5,8,11-12,19H,6-7,9-10H2,1H3/t12-/m0/s1. The van der Waals surface area contributed by atoms with Crippen LogP contribution in [-0.2, 0) is 21.2 Å². The number of hydrogen-bond donors (Lipinski definition) is 1. The third-order valence-corrected chi connectivity index (χ3v) is 7.08. The van der Waals surface area contributed by atoms with Crippen molar-refractivity contribution >= 4 is 38.9 Å². The van der Waals surface area contributed by atoms with Gasteiger partial charge in [0.2, 0.25) is 15.9 Å². The summed E-state index contributed by atoms with van der Waals surface area (Å²) in [6.07, 6.45) is 0.996. The van der Waals surface area contributed by atoms with Crippen molar-refractivity contribution in [1.29, 1.82) is 0 Å². The summed E-state index contributed by atoms with van der Waals surface area (Å²) in [7, 11) is -3.63. The highest BCUT2D eigenvalue weighted by atomic mass is 35.5. The maximum Gasteiger partial charge on any atom is 0.240 e. The maximum absolute atomic E-state index is 12.5. The fourth-order valence-corrected chi connectivity index (χ4v) is 5.10. The smallest absolute Gasteiger partial charge is 0.240 e. The van der Waals surface area contributed by atoms with Crippen LogP contribution in [0.15, 0.2) is 40.6 Å². The van der Waals surface area contributed by atoms with Gasteiger partial charge in [0, 0.05) is 29.4 Å². The van der Waals surface area contributed by atoms with Crippen molar-refractivity contribution in [1.82, 2.24) is 9.62 Å². The summed E-state index contributed by atoms with van der Waals surface area (Å²) in [5, 5.41) is 2.52. The number of sulfonamides is 1. The van der Waals surface area contributed by atoms with Crippen LogP contribution in [0.4, 0.5) is 0 Å². The van der Waals surface area contributed by atoms with Crippen molar-refractivity contribution in [2.45, 2.75) is 30.7 Å². The molecule has 25 heavy (non-hydrogen) atoms. The second-order valence-electron chi connectivity index (χ2n) is 5.91. The van der Waals surface area contributed by atoms with E-state index in [1.165, 1.54) is 34.7 Å². The van der Waals surface area contributed by atoms with E-state index in [-0.39, 0.29) is 29.8 Å². The van der Waals surface area contributed by atoms with E-state index in [2.05, 4.69) is 16.2 Å². The van der Waals surface area contributed by atoms with E-state index < -0.39 is 10.0 Å². The summed E-state index contributed by atoms with van der Waals surface area (Å²) in [5.41, 5.74) is 1.20. The number of nitrogens with zero attached hydrogens (tertiary/aromatic N) is 1. The van der Waals surface area contributed by atoms with Crippen LogP contribution in [-0.4, -0.2) is 32.3 Å². The van der Waals surface area contributed by atoms with E-state index in [4.69, 9.17) is 11.6 Å². The highest BCUT2D eigenvalue weighted by molar-refractivity contribution is 7.89. The Morgan fingerprint density at radius 1 is 1.32 bits per heavy atom. The van der Waals surface area contributed by atoms with Crippen molar-refractivity contribution in [3.8, 4) is 0 Å². The van der Waals surface area contributed by atoms with Crippen molar-refractivity contribution in [3.63, 3.8) is 0 Å². The van der Waals surface area contributed by atoms with Gasteiger partial charge in [0.25, 0.3) is 0 Å². The molecular formula is C17H19ClN2O3S2. The molecule has 1 aliphatic rings. The zero-order valence-corrected chi connectivity index (χ0v) is 16.1. The maximum atomic E-state index is 12.5. The van der Waals surface area contributed by atoms with Gasteiger partial charge >= 0.3 is 0 Å². The molecule has 1 N–H and O–H groups in total. The molecule has 0 spiro atoms. The Bertz CT molecular complexity index is 862. The van der Waals surface area contributed by atoms with Crippen LogP contribution in [0.25, 0.3) is 0 Å². The Labute approximate surface area is 156 Å². The van der Waals surface area contributed by atoms with Gasteiger partial charge in [-0.25, -0.2) is 13.1 Å².